The van der Waals surface area contributed by atoms with Gasteiger partial charge in [-0.15, -0.1) is 0 Å². The van der Waals surface area contributed by atoms with E-state index in [9.17, 15) is 19.1 Å². The predicted molar refractivity (Wildman–Crippen MR) is 127 cm³/mol. The zero-order valence-corrected chi connectivity index (χ0v) is 20.3. The molecule has 4 aliphatic rings. The van der Waals surface area contributed by atoms with Gasteiger partial charge in [-0.2, -0.15) is 0 Å². The number of hydrogen-bond donors (Lipinski definition) is 4. The van der Waals surface area contributed by atoms with Crippen LogP contribution in [0, 0.1) is 17.7 Å². The summed E-state index contributed by atoms with van der Waals surface area (Å²) in [6, 6.07) is 3.77. The molecule has 2 amide bonds. The minimum atomic E-state index is -0.859. The number of halogens is 2. The highest BCUT2D eigenvalue weighted by Crippen LogP contribution is 2.52. The molecule has 3 atom stereocenters. The second-order valence-electron chi connectivity index (χ2n) is 10.5. The SMILES string of the molecule is CC(C)(O)/C=C/C1CCNC(C(=O)NC23CC(C2)C(NC(=O)COc2ccc(Cl)c(F)c2)C3)C1. The summed E-state index contributed by atoms with van der Waals surface area (Å²) in [6.45, 7) is 4.01. The normalized spacial score (nSPS) is 30.6. The van der Waals surface area contributed by atoms with Crippen molar-refractivity contribution in [3.05, 3.63) is 41.2 Å². The molecule has 186 valence electrons. The number of rotatable bonds is 8. The average molecular weight is 494 g/mol. The predicted octanol–water partition coefficient (Wildman–Crippen LogP) is 2.71. The first-order chi connectivity index (χ1) is 16.0. The van der Waals surface area contributed by atoms with Crippen molar-refractivity contribution < 1.29 is 23.8 Å². The number of benzene rings is 1. The monoisotopic (exact) mass is 493 g/mol. The second kappa shape index (κ2) is 9.84. The molecule has 1 aromatic carbocycles. The molecule has 5 rings (SSSR count). The number of allylic oxidation sites excluding steroid dienone is 1. The van der Waals surface area contributed by atoms with E-state index < -0.39 is 11.4 Å². The smallest absolute Gasteiger partial charge is 0.258 e. The van der Waals surface area contributed by atoms with E-state index in [1.165, 1.54) is 12.1 Å². The van der Waals surface area contributed by atoms with Crippen molar-refractivity contribution in [3.8, 4) is 5.75 Å². The Bertz CT molecular complexity index is 958. The lowest BCUT2D eigenvalue weighted by molar-refractivity contribution is -0.127. The molecule has 3 unspecified atom stereocenters. The van der Waals surface area contributed by atoms with Crippen LogP contribution in [0.3, 0.4) is 0 Å². The molecule has 2 bridgehead atoms. The standard InChI is InChI=1S/C25H33ClFN3O4/c1-24(2,33)7-5-15-6-8-28-20(9-15)23(32)30-25-11-16(12-25)21(13-25)29-22(31)14-34-17-3-4-18(26)19(27)10-17/h3-5,7,10,15-16,20-21,28,33H,6,8-9,11-14H2,1-2H3,(H,29,31)(H,30,32)/b7-5+. The Kier molecular flexibility index (Phi) is 7.22. The van der Waals surface area contributed by atoms with E-state index in [-0.39, 0.29) is 52.7 Å². The van der Waals surface area contributed by atoms with Crippen molar-refractivity contribution in [1.82, 2.24) is 16.0 Å². The lowest BCUT2D eigenvalue weighted by atomic mass is 9.76. The lowest BCUT2D eigenvalue weighted by Crippen LogP contribution is -2.58. The van der Waals surface area contributed by atoms with Crippen molar-refractivity contribution in [2.75, 3.05) is 13.2 Å². The summed E-state index contributed by atoms with van der Waals surface area (Å²) in [5.41, 5.74) is -1.13. The van der Waals surface area contributed by atoms with Crippen molar-refractivity contribution in [3.63, 3.8) is 0 Å². The minimum absolute atomic E-state index is 0.000108. The highest BCUT2D eigenvalue weighted by atomic mass is 35.5. The Hall–Kier alpha value is -2.16. The third-order valence-corrected chi connectivity index (χ3v) is 7.32. The van der Waals surface area contributed by atoms with Gasteiger partial charge in [0, 0.05) is 17.6 Å². The summed E-state index contributed by atoms with van der Waals surface area (Å²) in [7, 11) is 0. The van der Waals surface area contributed by atoms with E-state index in [4.69, 9.17) is 16.3 Å². The molecule has 1 saturated heterocycles. The first kappa shape index (κ1) is 24.9. The first-order valence-electron chi connectivity index (χ1n) is 11.9. The number of fused-ring (bicyclic) bond motifs is 1. The number of hydrogen-bond acceptors (Lipinski definition) is 5. The summed E-state index contributed by atoms with van der Waals surface area (Å²) in [5.74, 6) is -0.0449. The lowest BCUT2D eigenvalue weighted by Gasteiger charge is -2.41. The van der Waals surface area contributed by atoms with Gasteiger partial charge in [-0.25, -0.2) is 4.39 Å². The zero-order chi connectivity index (χ0) is 24.5. The molecule has 34 heavy (non-hydrogen) atoms. The van der Waals surface area contributed by atoms with Crippen LogP contribution in [0.2, 0.25) is 5.02 Å². The average Bonchev–Trinajstić information content (AvgIpc) is 3.26. The molecule has 4 fully saturated rings. The molecule has 1 heterocycles. The Morgan fingerprint density at radius 2 is 2.12 bits per heavy atom. The van der Waals surface area contributed by atoms with Crippen LogP contribution in [-0.4, -0.2) is 53.3 Å². The highest BCUT2D eigenvalue weighted by Gasteiger charge is 2.57. The Labute approximate surface area is 204 Å². The van der Waals surface area contributed by atoms with Gasteiger partial charge in [0.15, 0.2) is 6.61 Å². The summed E-state index contributed by atoms with van der Waals surface area (Å²) in [4.78, 5) is 25.3. The summed E-state index contributed by atoms with van der Waals surface area (Å²) < 4.78 is 18.9. The number of aliphatic hydroxyl groups is 1. The topological polar surface area (TPSA) is 99.7 Å². The maximum Gasteiger partial charge on any atom is 0.258 e. The van der Waals surface area contributed by atoms with Gasteiger partial charge in [0.05, 0.1) is 16.7 Å². The van der Waals surface area contributed by atoms with Gasteiger partial charge in [-0.3, -0.25) is 9.59 Å². The Morgan fingerprint density at radius 3 is 2.82 bits per heavy atom. The number of carbonyl (C=O) groups excluding carboxylic acids is 2. The van der Waals surface area contributed by atoms with Gasteiger partial charge in [0.25, 0.3) is 5.91 Å². The second-order valence-corrected chi connectivity index (χ2v) is 10.9. The molecule has 0 spiro atoms. The van der Waals surface area contributed by atoms with E-state index in [2.05, 4.69) is 16.0 Å². The molecule has 9 heteroatoms. The third-order valence-electron chi connectivity index (χ3n) is 7.02. The Balaban J connectivity index is 1.23. The quantitative estimate of drug-likeness (QED) is 0.417. The van der Waals surface area contributed by atoms with Gasteiger partial charge in [-0.1, -0.05) is 23.8 Å². The molecular weight excluding hydrogens is 461 g/mol. The highest BCUT2D eigenvalue weighted by molar-refractivity contribution is 6.30. The van der Waals surface area contributed by atoms with Gasteiger partial charge in [0.2, 0.25) is 5.91 Å². The van der Waals surface area contributed by atoms with E-state index in [0.29, 0.717) is 18.8 Å². The number of carbonyl (C=O) groups is 2. The number of nitrogens with one attached hydrogen (secondary N) is 3. The largest absolute Gasteiger partial charge is 0.484 e. The zero-order valence-electron chi connectivity index (χ0n) is 19.6. The number of amides is 2. The molecule has 7 nitrogen and oxygen atoms in total. The third kappa shape index (κ3) is 6.09. The van der Waals surface area contributed by atoms with Crippen LogP contribution < -0.4 is 20.7 Å². The molecule has 0 aromatic heterocycles. The fourth-order valence-electron chi connectivity index (χ4n) is 5.31. The van der Waals surface area contributed by atoms with Crippen molar-refractivity contribution in [1.29, 1.82) is 0 Å². The van der Waals surface area contributed by atoms with Crippen molar-refractivity contribution in [2.45, 2.75) is 69.2 Å². The van der Waals surface area contributed by atoms with Gasteiger partial charge in [0.1, 0.15) is 11.6 Å². The van der Waals surface area contributed by atoms with Gasteiger partial charge < -0.3 is 25.8 Å². The Morgan fingerprint density at radius 1 is 1.35 bits per heavy atom. The van der Waals surface area contributed by atoms with Crippen molar-refractivity contribution in [2.24, 2.45) is 11.8 Å². The van der Waals surface area contributed by atoms with Gasteiger partial charge >= 0.3 is 0 Å². The maximum absolute atomic E-state index is 13.5. The van der Waals surface area contributed by atoms with Crippen LogP contribution in [0.1, 0.15) is 46.0 Å². The van der Waals surface area contributed by atoms with Crippen LogP contribution in [0.15, 0.2) is 30.4 Å². The van der Waals surface area contributed by atoms with Crippen LogP contribution in [0.25, 0.3) is 0 Å². The van der Waals surface area contributed by atoms with Crippen molar-refractivity contribution >= 4 is 23.4 Å². The van der Waals surface area contributed by atoms with Crippen LogP contribution >= 0.6 is 11.6 Å². The maximum atomic E-state index is 13.5. The van der Waals surface area contributed by atoms with E-state index in [0.717, 1.165) is 31.9 Å². The molecular formula is C25H33ClFN3O4. The van der Waals surface area contributed by atoms with Crippen LogP contribution in [0.5, 0.6) is 5.75 Å². The molecule has 4 N–H and O–H groups in total. The molecule has 0 radical (unpaired) electrons. The fourth-order valence-corrected chi connectivity index (χ4v) is 5.43. The fraction of sp³-hybridized carbons (Fsp3) is 0.600. The molecule has 1 aliphatic heterocycles. The molecule has 1 aromatic rings. The van der Waals surface area contributed by atoms with E-state index >= 15 is 0 Å². The number of ether oxygens (including phenoxy) is 1. The summed E-state index contributed by atoms with van der Waals surface area (Å²) >= 11 is 5.66. The van der Waals surface area contributed by atoms with Gasteiger partial charge in [-0.05, 0) is 76.5 Å². The number of piperidine rings is 1. The van der Waals surface area contributed by atoms with E-state index in [1.807, 2.05) is 6.08 Å². The summed E-state index contributed by atoms with van der Waals surface area (Å²) in [6.07, 6.45) is 7.83. The molecule has 3 aliphatic carbocycles. The minimum Gasteiger partial charge on any atom is -0.484 e. The van der Waals surface area contributed by atoms with Crippen LogP contribution in [-0.2, 0) is 9.59 Å². The van der Waals surface area contributed by atoms with Crippen LogP contribution in [0.4, 0.5) is 4.39 Å². The molecule has 3 saturated carbocycles. The first-order valence-corrected chi connectivity index (χ1v) is 12.2. The van der Waals surface area contributed by atoms with E-state index in [1.54, 1.807) is 19.9 Å². The summed E-state index contributed by atoms with van der Waals surface area (Å²) in [5, 5.41) is 19.5.